The molecule has 2 N–H and O–H groups in total. The van der Waals surface area contributed by atoms with Crippen molar-refractivity contribution < 1.29 is 29.0 Å². The van der Waals surface area contributed by atoms with Gasteiger partial charge in [-0.1, -0.05) is 50.3 Å². The van der Waals surface area contributed by atoms with Crippen LogP contribution in [0.4, 0.5) is 0 Å². The summed E-state index contributed by atoms with van der Waals surface area (Å²) in [5.41, 5.74) is 0.764. The average Bonchev–Trinajstić information content (AvgIpc) is 2.71. The van der Waals surface area contributed by atoms with Crippen molar-refractivity contribution in [3.63, 3.8) is 0 Å². The Kier molecular flexibility index (Phi) is 10.5. The van der Waals surface area contributed by atoms with Gasteiger partial charge in [0, 0.05) is 37.2 Å². The number of Topliss-reactive ketones (excluding diaryl/α,β-unsaturated/α-hetero) is 1. The number of piperidine rings is 1. The van der Waals surface area contributed by atoms with Gasteiger partial charge in [0.1, 0.15) is 11.9 Å². The van der Waals surface area contributed by atoms with Crippen molar-refractivity contribution in [1.29, 1.82) is 0 Å². The summed E-state index contributed by atoms with van der Waals surface area (Å²) in [6.45, 7) is 5.53. The van der Waals surface area contributed by atoms with E-state index >= 15 is 0 Å². The summed E-state index contributed by atoms with van der Waals surface area (Å²) in [4.78, 5) is 47.9. The van der Waals surface area contributed by atoms with Crippen LogP contribution in [-0.4, -0.2) is 40.9 Å². The van der Waals surface area contributed by atoms with Crippen LogP contribution in [0.25, 0.3) is 0 Å². The molecule has 7 heteroatoms. The molecule has 0 spiro atoms. The molecule has 0 aromatic rings. The number of amides is 2. The average molecular weight is 458 g/mol. The third-order valence-electron chi connectivity index (χ3n) is 5.88. The second kappa shape index (κ2) is 13.0. The number of cyclic esters (lactones) is 1. The standard InChI is InChI=1S/C26H35NO6/c1-17-10-8-6-4-5-7-9-11-25(32)33-26(17)19(3)12-18(2)22(29)16-21(28)13-20-14-23(30)27-24(31)15-20/h4,6,8-12,17-18,20-21,26,28H,5,7,13-16H2,1-3H3,(H,27,30,31)/b6-4+,10-8-,11-9+,19-12+/t17-,18-,21+,26+/m0/s1. The number of imide groups is 1. The van der Waals surface area contributed by atoms with Crippen molar-refractivity contribution in [3.8, 4) is 0 Å². The number of carbonyl (C=O) groups is 4. The molecule has 0 radical (unpaired) electrons. The molecule has 2 heterocycles. The highest BCUT2D eigenvalue weighted by molar-refractivity contribution is 5.97. The number of esters is 1. The molecule has 4 atom stereocenters. The minimum absolute atomic E-state index is 0.0648. The first-order chi connectivity index (χ1) is 15.7. The zero-order valence-electron chi connectivity index (χ0n) is 19.7. The van der Waals surface area contributed by atoms with Crippen molar-refractivity contribution in [1.82, 2.24) is 5.32 Å². The van der Waals surface area contributed by atoms with Gasteiger partial charge in [-0.15, -0.1) is 0 Å². The van der Waals surface area contributed by atoms with Crippen LogP contribution in [0.3, 0.4) is 0 Å². The first kappa shape index (κ1) is 26.5. The second-order valence-corrected chi connectivity index (χ2v) is 9.01. The minimum Gasteiger partial charge on any atom is -0.454 e. The van der Waals surface area contributed by atoms with E-state index in [0.717, 1.165) is 18.4 Å². The van der Waals surface area contributed by atoms with Crippen molar-refractivity contribution in [2.75, 3.05) is 0 Å². The molecule has 2 amide bonds. The summed E-state index contributed by atoms with van der Waals surface area (Å²) >= 11 is 0. The lowest BCUT2D eigenvalue weighted by molar-refractivity contribution is -0.142. The summed E-state index contributed by atoms with van der Waals surface area (Å²) in [5.74, 6) is -2.10. The highest BCUT2D eigenvalue weighted by Crippen LogP contribution is 2.24. The third kappa shape index (κ3) is 9.30. The molecule has 2 aliphatic heterocycles. The Hall–Kier alpha value is -2.80. The van der Waals surface area contributed by atoms with Gasteiger partial charge in [-0.25, -0.2) is 4.79 Å². The molecule has 2 rings (SSSR count). The maximum atomic E-state index is 12.7. The van der Waals surface area contributed by atoms with E-state index in [-0.39, 0.29) is 55.1 Å². The summed E-state index contributed by atoms with van der Waals surface area (Å²) < 4.78 is 5.68. The number of ether oxygens (including phenoxy) is 1. The van der Waals surface area contributed by atoms with E-state index in [1.54, 1.807) is 19.1 Å². The Morgan fingerprint density at radius 2 is 1.85 bits per heavy atom. The second-order valence-electron chi connectivity index (χ2n) is 9.01. The van der Waals surface area contributed by atoms with E-state index in [2.05, 4.69) is 5.32 Å². The molecule has 0 bridgehead atoms. The maximum absolute atomic E-state index is 12.7. The Morgan fingerprint density at radius 3 is 2.55 bits per heavy atom. The topological polar surface area (TPSA) is 110 Å². The number of nitrogens with one attached hydrogen (secondary N) is 1. The van der Waals surface area contributed by atoms with Gasteiger partial charge in [-0.05, 0) is 37.7 Å². The van der Waals surface area contributed by atoms with Gasteiger partial charge < -0.3 is 9.84 Å². The summed E-state index contributed by atoms with van der Waals surface area (Å²) in [7, 11) is 0. The van der Waals surface area contributed by atoms with Gasteiger partial charge in [-0.2, -0.15) is 0 Å². The van der Waals surface area contributed by atoms with Crippen molar-refractivity contribution in [2.24, 2.45) is 17.8 Å². The molecule has 2 aliphatic rings. The molecule has 1 fully saturated rings. The van der Waals surface area contributed by atoms with Gasteiger partial charge in [0.25, 0.3) is 0 Å². The monoisotopic (exact) mass is 457 g/mol. The predicted molar refractivity (Wildman–Crippen MR) is 125 cm³/mol. The van der Waals surface area contributed by atoms with E-state index in [9.17, 15) is 24.3 Å². The van der Waals surface area contributed by atoms with Crippen LogP contribution in [0, 0.1) is 17.8 Å². The minimum atomic E-state index is -0.921. The fourth-order valence-corrected chi connectivity index (χ4v) is 4.16. The highest BCUT2D eigenvalue weighted by Gasteiger charge is 2.28. The molecule has 0 aliphatic carbocycles. The van der Waals surface area contributed by atoms with Crippen LogP contribution in [0.1, 0.15) is 59.3 Å². The van der Waals surface area contributed by atoms with E-state index in [1.807, 2.05) is 38.2 Å². The number of hydrogen-bond donors (Lipinski definition) is 2. The first-order valence-electron chi connectivity index (χ1n) is 11.6. The van der Waals surface area contributed by atoms with Gasteiger partial charge in [-0.3, -0.25) is 19.7 Å². The third-order valence-corrected chi connectivity index (χ3v) is 5.88. The number of hydrogen-bond acceptors (Lipinski definition) is 6. The lowest BCUT2D eigenvalue weighted by Crippen LogP contribution is -2.39. The molecule has 0 aromatic heterocycles. The number of ketones is 1. The molecule has 7 nitrogen and oxygen atoms in total. The summed E-state index contributed by atoms with van der Waals surface area (Å²) in [6.07, 6.45) is 13.6. The van der Waals surface area contributed by atoms with E-state index in [0.29, 0.717) is 0 Å². The van der Waals surface area contributed by atoms with E-state index < -0.39 is 24.1 Å². The molecule has 0 aromatic carbocycles. The van der Waals surface area contributed by atoms with Gasteiger partial charge >= 0.3 is 5.97 Å². The summed E-state index contributed by atoms with van der Waals surface area (Å²) in [5, 5.41) is 12.6. The number of allylic oxidation sites excluding steroid dienone is 5. The Bertz CT molecular complexity index is 837. The van der Waals surface area contributed by atoms with Gasteiger partial charge in [0.2, 0.25) is 11.8 Å². The quantitative estimate of drug-likeness (QED) is 0.345. The van der Waals surface area contributed by atoms with Crippen LogP contribution in [0.15, 0.2) is 48.1 Å². The van der Waals surface area contributed by atoms with E-state index in [1.165, 1.54) is 6.08 Å². The van der Waals surface area contributed by atoms with Crippen LogP contribution < -0.4 is 5.32 Å². The van der Waals surface area contributed by atoms with E-state index in [4.69, 9.17) is 4.74 Å². The molecular weight excluding hydrogens is 422 g/mol. The van der Waals surface area contributed by atoms with Crippen LogP contribution in [-0.2, 0) is 23.9 Å². The Labute approximate surface area is 195 Å². The van der Waals surface area contributed by atoms with Crippen LogP contribution >= 0.6 is 0 Å². The highest BCUT2D eigenvalue weighted by atomic mass is 16.5. The van der Waals surface area contributed by atoms with Crippen molar-refractivity contribution >= 4 is 23.6 Å². The Morgan fingerprint density at radius 1 is 1.18 bits per heavy atom. The number of aliphatic hydroxyl groups is 1. The van der Waals surface area contributed by atoms with Gasteiger partial charge in [0.15, 0.2) is 0 Å². The SMILES string of the molecule is C/C(=C\[C@H](C)C(=O)C[C@H](O)CC1CC(=O)NC(=O)C1)[C@@H]1OC(=O)/C=C/CC/C=C/C=C\[C@@H]1C. The summed E-state index contributed by atoms with van der Waals surface area (Å²) in [6, 6.07) is 0. The van der Waals surface area contributed by atoms with Gasteiger partial charge in [0.05, 0.1) is 6.10 Å². The molecule has 1 saturated heterocycles. The number of aliphatic hydroxyl groups excluding tert-OH is 1. The normalized spacial score (nSPS) is 27.9. The van der Waals surface area contributed by atoms with Crippen LogP contribution in [0.2, 0.25) is 0 Å². The fraction of sp³-hybridized carbons (Fsp3) is 0.538. The largest absolute Gasteiger partial charge is 0.454 e. The number of rotatable bonds is 7. The zero-order chi connectivity index (χ0) is 24.4. The lowest BCUT2D eigenvalue weighted by Gasteiger charge is -2.24. The molecule has 180 valence electrons. The fourth-order valence-electron chi connectivity index (χ4n) is 4.16. The van der Waals surface area contributed by atoms with Crippen molar-refractivity contribution in [2.45, 2.75) is 71.5 Å². The molecule has 0 saturated carbocycles. The van der Waals surface area contributed by atoms with Crippen molar-refractivity contribution in [3.05, 3.63) is 48.1 Å². The smallest absolute Gasteiger partial charge is 0.331 e. The molecular formula is C26H35NO6. The Balaban J connectivity index is 2.01. The lowest BCUT2D eigenvalue weighted by atomic mass is 9.88. The predicted octanol–water partition coefficient (Wildman–Crippen LogP) is 3.34. The zero-order valence-corrected chi connectivity index (χ0v) is 19.7. The first-order valence-corrected chi connectivity index (χ1v) is 11.6. The van der Waals surface area contributed by atoms with Crippen LogP contribution in [0.5, 0.6) is 0 Å². The maximum Gasteiger partial charge on any atom is 0.331 e. The number of carbonyl (C=O) groups excluding carboxylic acids is 4. The molecule has 33 heavy (non-hydrogen) atoms. The molecule has 0 unspecified atom stereocenters.